The van der Waals surface area contributed by atoms with Gasteiger partial charge in [-0.25, -0.2) is 0 Å². The maximum Gasteiger partial charge on any atom is 0.0317 e. The molecule has 0 amide bonds. The molecule has 0 aliphatic carbocycles. The first-order valence-electron chi connectivity index (χ1n) is 5.22. The predicted molar refractivity (Wildman–Crippen MR) is 61.3 cm³/mol. The molecule has 1 unspecified atom stereocenters. The van der Waals surface area contributed by atoms with Crippen LogP contribution in [0.4, 0.5) is 0 Å². The van der Waals surface area contributed by atoms with Gasteiger partial charge >= 0.3 is 0 Å². The van der Waals surface area contributed by atoms with E-state index in [1.54, 1.807) is 0 Å². The summed E-state index contributed by atoms with van der Waals surface area (Å²) in [7, 11) is 2.00. The predicted octanol–water partition coefficient (Wildman–Crippen LogP) is 1.99. The molecule has 0 saturated heterocycles. The van der Waals surface area contributed by atoms with Crippen LogP contribution in [0.15, 0.2) is 24.3 Å². The van der Waals surface area contributed by atoms with Crippen LogP contribution < -0.4 is 11.1 Å². The molecule has 0 aromatic heterocycles. The number of rotatable bonds is 5. The van der Waals surface area contributed by atoms with Crippen LogP contribution in [0.1, 0.15) is 30.0 Å². The third-order valence-electron chi connectivity index (χ3n) is 2.53. The molecule has 3 N–H and O–H groups in total. The van der Waals surface area contributed by atoms with E-state index in [4.69, 9.17) is 5.73 Å². The highest BCUT2D eigenvalue weighted by Crippen LogP contribution is 2.17. The Hall–Kier alpha value is -0.860. The highest BCUT2D eigenvalue weighted by molar-refractivity contribution is 5.23. The Morgan fingerprint density at radius 3 is 2.43 bits per heavy atom. The smallest absolute Gasteiger partial charge is 0.0317 e. The van der Waals surface area contributed by atoms with Gasteiger partial charge in [0.2, 0.25) is 0 Å². The number of aryl methyl sites for hydroxylation is 1. The zero-order chi connectivity index (χ0) is 10.4. The molecule has 0 bridgehead atoms. The van der Waals surface area contributed by atoms with E-state index in [2.05, 4.69) is 36.5 Å². The highest BCUT2D eigenvalue weighted by Gasteiger charge is 2.07. The van der Waals surface area contributed by atoms with Crippen LogP contribution in [0.25, 0.3) is 0 Å². The molecule has 1 aromatic carbocycles. The van der Waals surface area contributed by atoms with E-state index in [-0.39, 0.29) is 0 Å². The summed E-state index contributed by atoms with van der Waals surface area (Å²) in [6, 6.07) is 9.13. The molecule has 14 heavy (non-hydrogen) atoms. The quantitative estimate of drug-likeness (QED) is 0.748. The van der Waals surface area contributed by atoms with Crippen LogP contribution in [-0.2, 0) is 0 Å². The molecule has 0 heterocycles. The monoisotopic (exact) mass is 192 g/mol. The van der Waals surface area contributed by atoms with Crippen LogP contribution >= 0.6 is 0 Å². The molecular formula is C12H20N2. The van der Waals surface area contributed by atoms with E-state index >= 15 is 0 Å². The van der Waals surface area contributed by atoms with Crippen molar-refractivity contribution in [2.24, 2.45) is 5.73 Å². The second-order valence-electron chi connectivity index (χ2n) is 3.68. The van der Waals surface area contributed by atoms with Crippen molar-refractivity contribution < 1.29 is 0 Å². The van der Waals surface area contributed by atoms with Gasteiger partial charge in [0.05, 0.1) is 0 Å². The number of hydrogen-bond donors (Lipinski definition) is 2. The zero-order valence-electron chi connectivity index (χ0n) is 9.09. The van der Waals surface area contributed by atoms with Crippen molar-refractivity contribution in [3.8, 4) is 0 Å². The van der Waals surface area contributed by atoms with Gasteiger partial charge in [-0.05, 0) is 38.9 Å². The van der Waals surface area contributed by atoms with Crippen molar-refractivity contribution in [2.45, 2.75) is 25.8 Å². The van der Waals surface area contributed by atoms with E-state index in [9.17, 15) is 0 Å². The maximum atomic E-state index is 5.51. The Morgan fingerprint density at radius 2 is 1.93 bits per heavy atom. The minimum absolute atomic E-state index is 0.444. The van der Waals surface area contributed by atoms with Gasteiger partial charge in [-0.3, -0.25) is 0 Å². The molecule has 1 atom stereocenters. The van der Waals surface area contributed by atoms with Gasteiger partial charge in [-0.1, -0.05) is 29.8 Å². The van der Waals surface area contributed by atoms with Crippen molar-refractivity contribution in [3.05, 3.63) is 35.4 Å². The molecule has 1 rings (SSSR count). The fourth-order valence-electron chi connectivity index (χ4n) is 1.60. The third kappa shape index (κ3) is 3.13. The molecule has 0 aliphatic heterocycles. The number of benzene rings is 1. The Labute approximate surface area is 86.5 Å². The molecular weight excluding hydrogens is 172 g/mol. The molecule has 0 spiro atoms. The Bertz CT molecular complexity index is 254. The first-order valence-corrected chi connectivity index (χ1v) is 5.22. The Balaban J connectivity index is 2.64. The number of nitrogens with one attached hydrogen (secondary N) is 1. The third-order valence-corrected chi connectivity index (χ3v) is 2.53. The van der Waals surface area contributed by atoms with Crippen LogP contribution in [-0.4, -0.2) is 13.6 Å². The van der Waals surface area contributed by atoms with Crippen molar-refractivity contribution in [3.63, 3.8) is 0 Å². The van der Waals surface area contributed by atoms with E-state index in [1.165, 1.54) is 11.1 Å². The summed E-state index contributed by atoms with van der Waals surface area (Å²) in [5.41, 5.74) is 8.17. The van der Waals surface area contributed by atoms with E-state index in [1.807, 2.05) is 7.05 Å². The van der Waals surface area contributed by atoms with Gasteiger partial charge in [0.15, 0.2) is 0 Å². The summed E-state index contributed by atoms with van der Waals surface area (Å²) >= 11 is 0. The lowest BCUT2D eigenvalue weighted by Gasteiger charge is -2.16. The van der Waals surface area contributed by atoms with Crippen molar-refractivity contribution in [2.75, 3.05) is 13.6 Å². The molecule has 2 nitrogen and oxygen atoms in total. The summed E-state index contributed by atoms with van der Waals surface area (Å²) < 4.78 is 0. The van der Waals surface area contributed by atoms with Crippen molar-refractivity contribution in [1.82, 2.24) is 5.32 Å². The first kappa shape index (κ1) is 11.2. The summed E-state index contributed by atoms with van der Waals surface area (Å²) in [6.07, 6.45) is 2.18. The molecule has 2 heteroatoms. The summed E-state index contributed by atoms with van der Waals surface area (Å²) in [5, 5.41) is 3.32. The molecule has 0 aliphatic rings. The lowest BCUT2D eigenvalue weighted by atomic mass is 10.0. The summed E-state index contributed by atoms with van der Waals surface area (Å²) in [4.78, 5) is 0. The van der Waals surface area contributed by atoms with Crippen molar-refractivity contribution in [1.29, 1.82) is 0 Å². The van der Waals surface area contributed by atoms with Gasteiger partial charge < -0.3 is 11.1 Å². The zero-order valence-corrected chi connectivity index (χ0v) is 9.09. The minimum atomic E-state index is 0.444. The molecule has 1 aromatic rings. The normalized spacial score (nSPS) is 12.8. The number of nitrogens with two attached hydrogens (primary N) is 1. The number of hydrogen-bond acceptors (Lipinski definition) is 2. The lowest BCUT2D eigenvalue weighted by Crippen LogP contribution is -2.17. The first-order chi connectivity index (χ1) is 6.77. The molecule has 78 valence electrons. The van der Waals surface area contributed by atoms with Crippen LogP contribution in [0.3, 0.4) is 0 Å². The van der Waals surface area contributed by atoms with Crippen LogP contribution in [0.5, 0.6) is 0 Å². The molecule has 0 fully saturated rings. The average molecular weight is 192 g/mol. The largest absolute Gasteiger partial charge is 0.330 e. The van der Waals surface area contributed by atoms with Gasteiger partial charge in [0.25, 0.3) is 0 Å². The van der Waals surface area contributed by atoms with Gasteiger partial charge in [-0.2, -0.15) is 0 Å². The lowest BCUT2D eigenvalue weighted by molar-refractivity contribution is 0.531. The fourth-order valence-corrected chi connectivity index (χ4v) is 1.60. The topological polar surface area (TPSA) is 38.0 Å². The van der Waals surface area contributed by atoms with Gasteiger partial charge in [-0.15, -0.1) is 0 Å². The maximum absolute atomic E-state index is 5.51. The molecule has 0 radical (unpaired) electrons. The highest BCUT2D eigenvalue weighted by atomic mass is 14.9. The minimum Gasteiger partial charge on any atom is -0.330 e. The second kappa shape index (κ2) is 5.78. The van der Waals surface area contributed by atoms with Crippen LogP contribution in [0.2, 0.25) is 0 Å². The van der Waals surface area contributed by atoms with Gasteiger partial charge in [0.1, 0.15) is 0 Å². The summed E-state index contributed by atoms with van der Waals surface area (Å²) in [6.45, 7) is 2.88. The SMILES string of the molecule is CNC(CCCN)c1ccc(C)cc1. The van der Waals surface area contributed by atoms with E-state index in [0.717, 1.165) is 19.4 Å². The Morgan fingerprint density at radius 1 is 1.29 bits per heavy atom. The van der Waals surface area contributed by atoms with E-state index < -0.39 is 0 Å². The van der Waals surface area contributed by atoms with Crippen LogP contribution in [0, 0.1) is 6.92 Å². The standard InChI is InChI=1S/C12H20N2/c1-10-5-7-11(8-6-10)12(14-2)4-3-9-13/h5-8,12,14H,3-4,9,13H2,1-2H3. The summed E-state index contributed by atoms with van der Waals surface area (Å²) in [5.74, 6) is 0. The van der Waals surface area contributed by atoms with E-state index in [0.29, 0.717) is 6.04 Å². The van der Waals surface area contributed by atoms with Gasteiger partial charge in [0, 0.05) is 6.04 Å². The van der Waals surface area contributed by atoms with Crippen molar-refractivity contribution >= 4 is 0 Å². The fraction of sp³-hybridized carbons (Fsp3) is 0.500. The average Bonchev–Trinajstić information content (AvgIpc) is 2.21. The second-order valence-corrected chi connectivity index (χ2v) is 3.68. The molecule has 0 saturated carbocycles. The Kier molecular flexibility index (Phi) is 4.63.